The van der Waals surface area contributed by atoms with Crippen molar-refractivity contribution in [3.05, 3.63) is 0 Å². The zero-order chi connectivity index (χ0) is 17.5. The lowest BCUT2D eigenvalue weighted by Gasteiger charge is -2.54. The first-order valence-corrected chi connectivity index (χ1v) is 7.88. The quantitative estimate of drug-likeness (QED) is 0.514. The molecule has 2 unspecified atom stereocenters. The fraction of sp³-hybridized carbons (Fsp3) is 0.800. The summed E-state index contributed by atoms with van der Waals surface area (Å²) in [7, 11) is 0. The van der Waals surface area contributed by atoms with Gasteiger partial charge in [0.05, 0.1) is 18.8 Å². The zero-order valence-corrected chi connectivity index (χ0v) is 13.7. The summed E-state index contributed by atoms with van der Waals surface area (Å²) >= 11 is 0. The Morgan fingerprint density at radius 2 is 1.87 bits per heavy atom. The number of likely N-dealkylation sites (tertiary alicyclic amines) is 2. The van der Waals surface area contributed by atoms with Gasteiger partial charge in [0.15, 0.2) is 5.78 Å². The third-order valence-corrected chi connectivity index (χ3v) is 4.86. The summed E-state index contributed by atoms with van der Waals surface area (Å²) < 4.78 is 0. The fourth-order valence-corrected chi connectivity index (χ4v) is 3.61. The molecule has 2 heterocycles. The van der Waals surface area contributed by atoms with Crippen molar-refractivity contribution >= 4 is 17.6 Å². The monoisotopic (exact) mass is 327 g/mol. The number of carbonyl (C=O) groups is 3. The maximum Gasteiger partial charge on any atom is 0.251 e. The van der Waals surface area contributed by atoms with Gasteiger partial charge in [-0.25, -0.2) is 0 Å². The van der Waals surface area contributed by atoms with Crippen LogP contribution in [0.25, 0.3) is 0 Å². The summed E-state index contributed by atoms with van der Waals surface area (Å²) in [5.41, 5.74) is 4.74. The fourth-order valence-electron chi connectivity index (χ4n) is 3.61. The average molecular weight is 327 g/mol. The number of hydrogen-bond acceptors (Lipinski definition) is 6. The topological polar surface area (TPSA) is 124 Å². The van der Waals surface area contributed by atoms with Crippen molar-refractivity contribution in [1.82, 2.24) is 9.80 Å². The number of amides is 2. The Morgan fingerprint density at radius 1 is 1.26 bits per heavy atom. The number of ketones is 1. The summed E-state index contributed by atoms with van der Waals surface area (Å²) in [5.74, 6) is -1.08. The first-order valence-electron chi connectivity index (χ1n) is 7.88. The van der Waals surface area contributed by atoms with E-state index in [-0.39, 0.29) is 18.2 Å². The molecule has 130 valence electrons. The summed E-state index contributed by atoms with van der Waals surface area (Å²) in [6.07, 6.45) is -0.810. The average Bonchev–Trinajstić information content (AvgIpc) is 2.90. The van der Waals surface area contributed by atoms with Crippen LogP contribution in [-0.2, 0) is 14.4 Å². The second-order valence-corrected chi connectivity index (χ2v) is 6.62. The van der Waals surface area contributed by atoms with Crippen LogP contribution in [0.2, 0.25) is 0 Å². The highest BCUT2D eigenvalue weighted by molar-refractivity contribution is 6.01. The van der Waals surface area contributed by atoms with Crippen LogP contribution in [-0.4, -0.2) is 80.5 Å². The number of carbonyl (C=O) groups excluding carboxylic acids is 3. The third-order valence-electron chi connectivity index (χ3n) is 4.86. The molecule has 0 radical (unpaired) electrons. The van der Waals surface area contributed by atoms with Gasteiger partial charge in [0.1, 0.15) is 17.6 Å². The van der Waals surface area contributed by atoms with Crippen LogP contribution in [0.5, 0.6) is 0 Å². The molecule has 5 atom stereocenters. The van der Waals surface area contributed by atoms with Gasteiger partial charge in [0, 0.05) is 6.54 Å². The number of β-lactam (4-membered cyclic amide) rings is 1. The molecule has 8 heteroatoms. The SMILES string of the molecule is CC(=O)C([C@@H](C)O)N1CC2(CCCN2C(=O)[C@@H](N)[C@@H](C)O)C1=O. The largest absolute Gasteiger partial charge is 0.391 e. The molecule has 0 aliphatic carbocycles. The molecule has 2 aliphatic rings. The first-order chi connectivity index (χ1) is 10.6. The Kier molecular flexibility index (Phi) is 4.79. The van der Waals surface area contributed by atoms with Gasteiger partial charge in [-0.15, -0.1) is 0 Å². The van der Waals surface area contributed by atoms with Gasteiger partial charge in [0.2, 0.25) is 5.91 Å². The van der Waals surface area contributed by atoms with Crippen LogP contribution in [0.15, 0.2) is 0 Å². The van der Waals surface area contributed by atoms with E-state index in [1.165, 1.54) is 30.6 Å². The first kappa shape index (κ1) is 17.8. The van der Waals surface area contributed by atoms with Crippen molar-refractivity contribution in [2.24, 2.45) is 5.73 Å². The van der Waals surface area contributed by atoms with Crippen LogP contribution >= 0.6 is 0 Å². The Hall–Kier alpha value is -1.51. The van der Waals surface area contributed by atoms with Crippen LogP contribution < -0.4 is 5.73 Å². The molecule has 4 N–H and O–H groups in total. The summed E-state index contributed by atoms with van der Waals surface area (Å²) in [6.45, 7) is 4.83. The summed E-state index contributed by atoms with van der Waals surface area (Å²) in [4.78, 5) is 39.6. The minimum absolute atomic E-state index is 0.208. The normalized spacial score (nSPS) is 29.2. The number of nitrogens with two attached hydrogens (primary N) is 1. The maximum absolute atomic E-state index is 12.7. The minimum atomic E-state index is -1.08. The summed E-state index contributed by atoms with van der Waals surface area (Å²) in [6, 6.07) is -1.97. The Bertz CT molecular complexity index is 521. The number of hydrogen-bond donors (Lipinski definition) is 3. The molecule has 23 heavy (non-hydrogen) atoms. The van der Waals surface area contributed by atoms with E-state index in [1.54, 1.807) is 0 Å². The highest BCUT2D eigenvalue weighted by Crippen LogP contribution is 2.40. The molecule has 2 fully saturated rings. The van der Waals surface area contributed by atoms with E-state index in [0.29, 0.717) is 19.4 Å². The molecule has 1 spiro atoms. The number of aliphatic hydroxyl groups excluding tert-OH is 2. The molecule has 0 aromatic rings. The lowest BCUT2D eigenvalue weighted by molar-refractivity contribution is -0.176. The lowest BCUT2D eigenvalue weighted by atomic mass is 9.82. The zero-order valence-electron chi connectivity index (χ0n) is 13.7. The second-order valence-electron chi connectivity index (χ2n) is 6.62. The van der Waals surface area contributed by atoms with E-state index in [1.807, 2.05) is 0 Å². The van der Waals surface area contributed by atoms with Crippen molar-refractivity contribution < 1.29 is 24.6 Å². The predicted molar refractivity (Wildman–Crippen MR) is 81.2 cm³/mol. The van der Waals surface area contributed by atoms with Gasteiger partial charge in [-0.1, -0.05) is 0 Å². The molecule has 2 saturated heterocycles. The van der Waals surface area contributed by atoms with Gasteiger partial charge in [0.25, 0.3) is 5.91 Å². The minimum Gasteiger partial charge on any atom is -0.391 e. The predicted octanol–water partition coefficient (Wildman–Crippen LogP) is -1.76. The highest BCUT2D eigenvalue weighted by atomic mass is 16.3. The lowest BCUT2D eigenvalue weighted by Crippen LogP contribution is -2.77. The van der Waals surface area contributed by atoms with E-state index in [4.69, 9.17) is 5.73 Å². The number of rotatable bonds is 5. The third kappa shape index (κ3) is 2.75. The van der Waals surface area contributed by atoms with E-state index in [9.17, 15) is 24.6 Å². The van der Waals surface area contributed by atoms with Crippen LogP contribution in [0, 0.1) is 0 Å². The molecule has 8 nitrogen and oxygen atoms in total. The molecule has 0 saturated carbocycles. The molecule has 2 amide bonds. The van der Waals surface area contributed by atoms with E-state index < -0.39 is 35.7 Å². The number of nitrogens with zero attached hydrogens (tertiary/aromatic N) is 2. The Labute approximate surface area is 135 Å². The molecular formula is C15H25N3O5. The van der Waals surface area contributed by atoms with Crippen molar-refractivity contribution in [2.75, 3.05) is 13.1 Å². The molecule has 2 rings (SSSR count). The van der Waals surface area contributed by atoms with Crippen molar-refractivity contribution in [1.29, 1.82) is 0 Å². The van der Waals surface area contributed by atoms with E-state index in [2.05, 4.69) is 0 Å². The van der Waals surface area contributed by atoms with Gasteiger partial charge >= 0.3 is 0 Å². The number of Topliss-reactive ketones (excluding diaryl/α,β-unsaturated/α-hetero) is 1. The van der Waals surface area contributed by atoms with Gasteiger partial charge in [-0.05, 0) is 33.6 Å². The van der Waals surface area contributed by atoms with Crippen molar-refractivity contribution in [2.45, 2.75) is 63.4 Å². The smallest absolute Gasteiger partial charge is 0.251 e. The standard InChI is InChI=1S/C15H25N3O5/c1-8(19)11(16)13(22)18-6-4-5-15(18)7-17(14(15)23)12(9(2)20)10(3)21/h8-9,11-12,19-20H,4-7,16H2,1-3H3/t8-,9-,11+,12?,15?/m1/s1. The molecule has 2 aliphatic heterocycles. The van der Waals surface area contributed by atoms with Gasteiger partial charge in [-0.3, -0.25) is 14.4 Å². The van der Waals surface area contributed by atoms with Crippen molar-refractivity contribution in [3.8, 4) is 0 Å². The number of aliphatic hydroxyl groups is 2. The van der Waals surface area contributed by atoms with E-state index >= 15 is 0 Å². The van der Waals surface area contributed by atoms with Gasteiger partial charge < -0.3 is 25.7 Å². The second kappa shape index (κ2) is 6.18. The van der Waals surface area contributed by atoms with Crippen LogP contribution in [0.4, 0.5) is 0 Å². The maximum atomic E-state index is 12.7. The summed E-state index contributed by atoms with van der Waals surface area (Å²) in [5, 5.41) is 19.3. The van der Waals surface area contributed by atoms with E-state index in [0.717, 1.165) is 0 Å². The highest BCUT2D eigenvalue weighted by Gasteiger charge is 2.62. The van der Waals surface area contributed by atoms with Crippen LogP contribution in [0.3, 0.4) is 0 Å². The Balaban J connectivity index is 2.19. The molecule has 0 aromatic carbocycles. The van der Waals surface area contributed by atoms with Crippen LogP contribution in [0.1, 0.15) is 33.6 Å². The molecular weight excluding hydrogens is 302 g/mol. The molecule has 0 bridgehead atoms. The van der Waals surface area contributed by atoms with Gasteiger partial charge in [-0.2, -0.15) is 0 Å². The Morgan fingerprint density at radius 3 is 2.30 bits per heavy atom. The molecule has 0 aromatic heterocycles. The van der Waals surface area contributed by atoms with Crippen molar-refractivity contribution in [3.63, 3.8) is 0 Å².